The van der Waals surface area contributed by atoms with Gasteiger partial charge in [-0.25, -0.2) is 0 Å². The van der Waals surface area contributed by atoms with E-state index >= 15 is 0 Å². The predicted molar refractivity (Wildman–Crippen MR) is 198 cm³/mol. The SMILES string of the molecule is c1ccc(-c2cccc(-c3c4ccc(-c5cccc6ccccc56)cc4c(-c4ccccc4)c4c3ccc3ccccc34)c2)cc1. The van der Waals surface area contributed by atoms with Crippen LogP contribution in [0.1, 0.15) is 0 Å². The molecule has 0 aromatic heterocycles. The van der Waals surface area contributed by atoms with E-state index in [1.807, 2.05) is 0 Å². The first-order valence-corrected chi connectivity index (χ1v) is 15.9. The summed E-state index contributed by atoms with van der Waals surface area (Å²) in [5.41, 5.74) is 9.94. The van der Waals surface area contributed by atoms with E-state index < -0.39 is 0 Å². The Hall–Kier alpha value is -5.98. The van der Waals surface area contributed by atoms with Crippen molar-refractivity contribution in [2.75, 3.05) is 0 Å². The van der Waals surface area contributed by atoms with E-state index in [4.69, 9.17) is 0 Å². The van der Waals surface area contributed by atoms with Gasteiger partial charge in [-0.05, 0) is 99.7 Å². The second kappa shape index (κ2) is 10.9. The molecule has 0 atom stereocenters. The van der Waals surface area contributed by atoms with Crippen LogP contribution in [0.15, 0.2) is 182 Å². The predicted octanol–water partition coefficient (Wildman–Crippen LogP) is 13.0. The molecule has 9 aromatic rings. The van der Waals surface area contributed by atoms with E-state index in [-0.39, 0.29) is 0 Å². The molecule has 9 aromatic carbocycles. The summed E-state index contributed by atoms with van der Waals surface area (Å²) in [5.74, 6) is 0. The van der Waals surface area contributed by atoms with Crippen molar-refractivity contribution in [1.82, 2.24) is 0 Å². The second-order valence-electron chi connectivity index (χ2n) is 12.1. The number of hydrogen-bond donors (Lipinski definition) is 0. The quantitative estimate of drug-likeness (QED) is 0.143. The van der Waals surface area contributed by atoms with Crippen molar-refractivity contribution in [3.05, 3.63) is 182 Å². The highest BCUT2D eigenvalue weighted by Crippen LogP contribution is 2.47. The average molecular weight is 583 g/mol. The lowest BCUT2D eigenvalue weighted by Crippen LogP contribution is -1.93. The molecule has 0 amide bonds. The Bertz CT molecular complexity index is 2550. The molecule has 0 saturated carbocycles. The van der Waals surface area contributed by atoms with Gasteiger partial charge in [-0.3, -0.25) is 0 Å². The Morgan fingerprint density at radius 3 is 1.63 bits per heavy atom. The minimum atomic E-state index is 1.22. The van der Waals surface area contributed by atoms with Crippen molar-refractivity contribution >= 4 is 43.1 Å². The maximum absolute atomic E-state index is 2.44. The average Bonchev–Trinajstić information content (AvgIpc) is 3.14. The lowest BCUT2D eigenvalue weighted by Gasteiger charge is -2.21. The molecule has 0 spiro atoms. The van der Waals surface area contributed by atoms with Crippen molar-refractivity contribution in [2.24, 2.45) is 0 Å². The summed E-state index contributed by atoms with van der Waals surface area (Å²) in [6.45, 7) is 0. The zero-order valence-electron chi connectivity index (χ0n) is 25.3. The highest BCUT2D eigenvalue weighted by Gasteiger charge is 2.20. The molecule has 0 heterocycles. The summed E-state index contributed by atoms with van der Waals surface area (Å²) >= 11 is 0. The lowest BCUT2D eigenvalue weighted by molar-refractivity contribution is 1.61. The van der Waals surface area contributed by atoms with Gasteiger partial charge in [-0.2, -0.15) is 0 Å². The summed E-state index contributed by atoms with van der Waals surface area (Å²) in [6.07, 6.45) is 0. The third-order valence-electron chi connectivity index (χ3n) is 9.43. The molecule has 0 radical (unpaired) electrons. The summed E-state index contributed by atoms with van der Waals surface area (Å²) in [5, 5.41) is 10.1. The van der Waals surface area contributed by atoms with E-state index in [1.165, 1.54) is 87.6 Å². The first kappa shape index (κ1) is 26.4. The van der Waals surface area contributed by atoms with Crippen LogP contribution in [0.5, 0.6) is 0 Å². The fraction of sp³-hybridized carbons (Fsp3) is 0. The molecule has 0 heteroatoms. The van der Waals surface area contributed by atoms with Crippen LogP contribution in [0.3, 0.4) is 0 Å². The summed E-state index contributed by atoms with van der Waals surface area (Å²) in [6, 6.07) is 66.6. The zero-order valence-corrected chi connectivity index (χ0v) is 25.3. The summed E-state index contributed by atoms with van der Waals surface area (Å²) < 4.78 is 0. The second-order valence-corrected chi connectivity index (χ2v) is 12.1. The highest BCUT2D eigenvalue weighted by atomic mass is 14.2. The Morgan fingerprint density at radius 1 is 0.239 bits per heavy atom. The molecule has 0 N–H and O–H groups in total. The van der Waals surface area contributed by atoms with Crippen LogP contribution in [0.2, 0.25) is 0 Å². The molecular formula is C46H30. The molecule has 0 aliphatic rings. The molecule has 214 valence electrons. The lowest BCUT2D eigenvalue weighted by atomic mass is 9.82. The van der Waals surface area contributed by atoms with Crippen LogP contribution >= 0.6 is 0 Å². The van der Waals surface area contributed by atoms with Gasteiger partial charge in [0.15, 0.2) is 0 Å². The normalized spacial score (nSPS) is 11.5. The van der Waals surface area contributed by atoms with Gasteiger partial charge in [0.05, 0.1) is 0 Å². The van der Waals surface area contributed by atoms with E-state index in [9.17, 15) is 0 Å². The first-order chi connectivity index (χ1) is 22.8. The number of rotatable bonds is 4. The van der Waals surface area contributed by atoms with Gasteiger partial charge < -0.3 is 0 Å². The molecule has 0 fully saturated rings. The molecular weight excluding hydrogens is 553 g/mol. The third-order valence-corrected chi connectivity index (χ3v) is 9.43. The van der Waals surface area contributed by atoms with Gasteiger partial charge in [-0.15, -0.1) is 0 Å². The van der Waals surface area contributed by atoms with E-state index in [0.717, 1.165) is 0 Å². The van der Waals surface area contributed by atoms with Crippen molar-refractivity contribution in [2.45, 2.75) is 0 Å². The summed E-state index contributed by atoms with van der Waals surface area (Å²) in [4.78, 5) is 0. The summed E-state index contributed by atoms with van der Waals surface area (Å²) in [7, 11) is 0. The molecule has 0 saturated heterocycles. The Balaban J connectivity index is 1.45. The fourth-order valence-corrected chi connectivity index (χ4v) is 7.34. The topological polar surface area (TPSA) is 0 Å². The van der Waals surface area contributed by atoms with E-state index in [1.54, 1.807) is 0 Å². The van der Waals surface area contributed by atoms with Crippen molar-refractivity contribution in [3.63, 3.8) is 0 Å². The largest absolute Gasteiger partial charge is 0.0622 e. The van der Waals surface area contributed by atoms with E-state index in [0.29, 0.717) is 0 Å². The number of hydrogen-bond acceptors (Lipinski definition) is 0. The van der Waals surface area contributed by atoms with Gasteiger partial charge in [-0.1, -0.05) is 170 Å². The molecule has 0 nitrogen and oxygen atoms in total. The Kier molecular flexibility index (Phi) is 6.25. The fourth-order valence-electron chi connectivity index (χ4n) is 7.34. The monoisotopic (exact) mass is 582 g/mol. The van der Waals surface area contributed by atoms with Gasteiger partial charge in [0.25, 0.3) is 0 Å². The highest BCUT2D eigenvalue weighted by molar-refractivity contribution is 6.28. The first-order valence-electron chi connectivity index (χ1n) is 15.9. The minimum Gasteiger partial charge on any atom is -0.0622 e. The van der Waals surface area contributed by atoms with Crippen LogP contribution in [0.25, 0.3) is 87.6 Å². The van der Waals surface area contributed by atoms with Gasteiger partial charge >= 0.3 is 0 Å². The number of benzene rings is 9. The molecule has 9 rings (SSSR count). The molecule has 0 aliphatic heterocycles. The van der Waals surface area contributed by atoms with Gasteiger partial charge in [0, 0.05) is 0 Å². The molecule has 0 unspecified atom stereocenters. The van der Waals surface area contributed by atoms with Crippen molar-refractivity contribution in [1.29, 1.82) is 0 Å². The van der Waals surface area contributed by atoms with Crippen LogP contribution in [-0.2, 0) is 0 Å². The van der Waals surface area contributed by atoms with Crippen molar-refractivity contribution in [3.8, 4) is 44.5 Å². The van der Waals surface area contributed by atoms with Gasteiger partial charge in [0.2, 0.25) is 0 Å². The van der Waals surface area contributed by atoms with Crippen LogP contribution in [0.4, 0.5) is 0 Å². The third kappa shape index (κ3) is 4.30. The Labute approximate surface area is 268 Å². The van der Waals surface area contributed by atoms with Gasteiger partial charge in [0.1, 0.15) is 0 Å². The maximum Gasteiger partial charge on any atom is -0.00141 e. The van der Waals surface area contributed by atoms with Crippen LogP contribution in [0, 0.1) is 0 Å². The minimum absolute atomic E-state index is 1.22. The van der Waals surface area contributed by atoms with Crippen LogP contribution < -0.4 is 0 Å². The standard InChI is InChI=1S/C46H30/c1-3-13-31(14-4-1)35-20-11-21-37(29-35)44-41-27-26-36(39-24-12-19-32-15-7-9-22-38(32)39)30-43(41)45(34-17-5-2-6-18-34)46-40-23-10-8-16-33(40)25-28-42(44)46/h1-30H. The molecule has 46 heavy (non-hydrogen) atoms. The Morgan fingerprint density at radius 2 is 0.826 bits per heavy atom. The van der Waals surface area contributed by atoms with E-state index in [2.05, 4.69) is 182 Å². The smallest absolute Gasteiger partial charge is 0.00141 e. The zero-order chi connectivity index (χ0) is 30.5. The maximum atomic E-state index is 2.44. The van der Waals surface area contributed by atoms with Crippen LogP contribution in [-0.4, -0.2) is 0 Å². The number of fused-ring (bicyclic) bond motifs is 5. The van der Waals surface area contributed by atoms with Crippen molar-refractivity contribution < 1.29 is 0 Å². The molecule has 0 aliphatic carbocycles. The molecule has 0 bridgehead atoms.